The molecule has 0 saturated carbocycles. The molecule has 0 radical (unpaired) electrons. The van der Waals surface area contributed by atoms with Gasteiger partial charge in [0, 0.05) is 24.2 Å². The highest BCUT2D eigenvalue weighted by Gasteiger charge is 2.08. The second-order valence-electron chi connectivity index (χ2n) is 5.29. The van der Waals surface area contributed by atoms with Gasteiger partial charge in [-0.15, -0.1) is 0 Å². The fourth-order valence-corrected chi connectivity index (χ4v) is 2.19. The first-order valence-corrected chi connectivity index (χ1v) is 7.23. The molecule has 3 nitrogen and oxygen atoms in total. The van der Waals surface area contributed by atoms with E-state index in [0.717, 1.165) is 42.3 Å². The lowest BCUT2D eigenvalue weighted by atomic mass is 10.1. The van der Waals surface area contributed by atoms with Crippen LogP contribution in [0.1, 0.15) is 41.6 Å². The van der Waals surface area contributed by atoms with Crippen LogP contribution in [0.5, 0.6) is 0 Å². The van der Waals surface area contributed by atoms with Gasteiger partial charge in [0.1, 0.15) is 11.6 Å². The van der Waals surface area contributed by atoms with E-state index in [-0.39, 0.29) is 0 Å². The number of hydrogen-bond acceptors (Lipinski definition) is 3. The molecule has 1 N–H and O–H groups in total. The molecule has 2 rings (SSSR count). The lowest BCUT2D eigenvalue weighted by Gasteiger charge is -2.12. The minimum absolute atomic E-state index is 0.781. The second kappa shape index (κ2) is 6.51. The van der Waals surface area contributed by atoms with Crippen LogP contribution in [0.4, 0.5) is 5.82 Å². The summed E-state index contributed by atoms with van der Waals surface area (Å²) in [5.41, 5.74) is 4.73. The first-order chi connectivity index (χ1) is 9.60. The van der Waals surface area contributed by atoms with Gasteiger partial charge in [-0.05, 0) is 32.8 Å². The van der Waals surface area contributed by atoms with E-state index in [1.165, 1.54) is 11.1 Å². The molecule has 0 aliphatic carbocycles. The van der Waals surface area contributed by atoms with Crippen LogP contribution in [-0.4, -0.2) is 16.5 Å². The van der Waals surface area contributed by atoms with Crippen molar-refractivity contribution < 1.29 is 0 Å². The molecule has 0 aliphatic heterocycles. The van der Waals surface area contributed by atoms with Crippen LogP contribution in [-0.2, 0) is 6.42 Å². The predicted octanol–water partition coefficient (Wildman–Crippen LogP) is 3.81. The molecule has 2 aromatic rings. The maximum atomic E-state index is 4.67. The molecule has 106 valence electrons. The molecular weight excluding hydrogens is 246 g/mol. The Balaban J connectivity index is 2.25. The zero-order valence-corrected chi connectivity index (χ0v) is 12.8. The number of rotatable bonds is 5. The van der Waals surface area contributed by atoms with Gasteiger partial charge >= 0.3 is 0 Å². The molecule has 1 heterocycles. The number of aryl methyl sites for hydroxylation is 2. The molecule has 0 amide bonds. The van der Waals surface area contributed by atoms with Gasteiger partial charge in [0.15, 0.2) is 0 Å². The van der Waals surface area contributed by atoms with Crippen molar-refractivity contribution >= 4 is 5.82 Å². The third kappa shape index (κ3) is 3.56. The molecule has 0 atom stereocenters. The molecule has 0 spiro atoms. The van der Waals surface area contributed by atoms with Crippen LogP contribution in [0, 0.1) is 20.8 Å². The average Bonchev–Trinajstić information content (AvgIpc) is 2.41. The van der Waals surface area contributed by atoms with E-state index in [2.05, 4.69) is 60.3 Å². The van der Waals surface area contributed by atoms with Crippen molar-refractivity contribution in [2.45, 2.75) is 40.5 Å². The van der Waals surface area contributed by atoms with Crippen molar-refractivity contribution in [1.29, 1.82) is 0 Å². The largest absolute Gasteiger partial charge is 0.370 e. The van der Waals surface area contributed by atoms with Crippen LogP contribution in [0.3, 0.4) is 0 Å². The number of hydrogen-bond donors (Lipinski definition) is 1. The third-order valence-electron chi connectivity index (χ3n) is 3.42. The summed E-state index contributed by atoms with van der Waals surface area (Å²) in [6.45, 7) is 9.34. The summed E-state index contributed by atoms with van der Waals surface area (Å²) in [5.74, 6) is 1.86. The fourth-order valence-electron chi connectivity index (χ4n) is 2.19. The Hall–Kier alpha value is -1.90. The van der Waals surface area contributed by atoms with Crippen LogP contribution in [0.2, 0.25) is 0 Å². The first kappa shape index (κ1) is 14.5. The molecular formula is C17H23N3. The van der Waals surface area contributed by atoms with Gasteiger partial charge in [0.25, 0.3) is 0 Å². The zero-order valence-electron chi connectivity index (χ0n) is 12.8. The molecule has 0 fully saturated rings. The molecule has 3 heteroatoms. The summed E-state index contributed by atoms with van der Waals surface area (Å²) < 4.78 is 0. The smallest absolute Gasteiger partial charge is 0.135 e. The number of nitrogens with one attached hydrogen (secondary N) is 1. The highest BCUT2D eigenvalue weighted by atomic mass is 15.0. The topological polar surface area (TPSA) is 37.8 Å². The maximum Gasteiger partial charge on any atom is 0.135 e. The molecule has 0 unspecified atom stereocenters. The Morgan fingerprint density at radius 1 is 1.10 bits per heavy atom. The van der Waals surface area contributed by atoms with Crippen LogP contribution >= 0.6 is 0 Å². The van der Waals surface area contributed by atoms with Crippen molar-refractivity contribution in [1.82, 2.24) is 9.97 Å². The first-order valence-electron chi connectivity index (χ1n) is 7.23. The average molecular weight is 269 g/mol. The fraction of sp³-hybridized carbons (Fsp3) is 0.412. The number of anilines is 1. The van der Waals surface area contributed by atoms with Crippen molar-refractivity contribution in [3.63, 3.8) is 0 Å². The monoisotopic (exact) mass is 269 g/mol. The number of nitrogens with zero attached hydrogens (tertiary/aromatic N) is 2. The zero-order chi connectivity index (χ0) is 14.5. The summed E-state index contributed by atoms with van der Waals surface area (Å²) in [5, 5.41) is 3.39. The highest BCUT2D eigenvalue weighted by molar-refractivity contribution is 5.45. The molecule has 1 aromatic heterocycles. The highest BCUT2D eigenvalue weighted by Crippen LogP contribution is 2.17. The third-order valence-corrected chi connectivity index (χ3v) is 3.42. The van der Waals surface area contributed by atoms with Crippen molar-refractivity contribution in [2.75, 3.05) is 11.9 Å². The standard InChI is InChI=1S/C17H23N3/c1-5-9-18-17-13(3)14(4)19-16(20-17)11-15-8-6-7-12(2)10-15/h6-8,10H,5,9,11H2,1-4H3,(H,18,19,20). The minimum Gasteiger partial charge on any atom is -0.370 e. The predicted molar refractivity (Wildman–Crippen MR) is 84.3 cm³/mol. The van der Waals surface area contributed by atoms with Gasteiger partial charge in [-0.2, -0.15) is 0 Å². The Labute approximate surface area is 121 Å². The van der Waals surface area contributed by atoms with Gasteiger partial charge in [-0.1, -0.05) is 36.8 Å². The maximum absolute atomic E-state index is 4.67. The van der Waals surface area contributed by atoms with Crippen molar-refractivity contribution in [3.05, 3.63) is 52.5 Å². The molecule has 0 saturated heterocycles. The summed E-state index contributed by atoms with van der Waals surface area (Å²) in [7, 11) is 0. The van der Waals surface area contributed by atoms with Gasteiger partial charge in [0.05, 0.1) is 0 Å². The normalized spacial score (nSPS) is 10.6. The van der Waals surface area contributed by atoms with E-state index in [4.69, 9.17) is 0 Å². The molecule has 0 aliphatic rings. The SMILES string of the molecule is CCCNc1nc(Cc2cccc(C)c2)nc(C)c1C. The quantitative estimate of drug-likeness (QED) is 0.896. The Kier molecular flexibility index (Phi) is 4.72. The molecule has 1 aromatic carbocycles. The summed E-state index contributed by atoms with van der Waals surface area (Å²) in [6, 6.07) is 8.52. The lowest BCUT2D eigenvalue weighted by Crippen LogP contribution is -2.09. The van der Waals surface area contributed by atoms with Crippen LogP contribution < -0.4 is 5.32 Å². The van der Waals surface area contributed by atoms with E-state index >= 15 is 0 Å². The van der Waals surface area contributed by atoms with E-state index < -0.39 is 0 Å². The lowest BCUT2D eigenvalue weighted by molar-refractivity contribution is 0.904. The van der Waals surface area contributed by atoms with Gasteiger partial charge in [-0.25, -0.2) is 9.97 Å². The Bertz CT molecular complexity index is 591. The van der Waals surface area contributed by atoms with Gasteiger partial charge in [0.2, 0.25) is 0 Å². The van der Waals surface area contributed by atoms with Gasteiger partial charge < -0.3 is 5.32 Å². The summed E-state index contributed by atoms with van der Waals surface area (Å²) in [4.78, 5) is 9.29. The Morgan fingerprint density at radius 2 is 1.90 bits per heavy atom. The van der Waals surface area contributed by atoms with Crippen molar-refractivity contribution in [3.8, 4) is 0 Å². The molecule has 20 heavy (non-hydrogen) atoms. The van der Waals surface area contributed by atoms with Crippen LogP contribution in [0.15, 0.2) is 24.3 Å². The number of benzene rings is 1. The van der Waals surface area contributed by atoms with E-state index in [1.807, 2.05) is 6.92 Å². The van der Waals surface area contributed by atoms with Crippen LogP contribution in [0.25, 0.3) is 0 Å². The molecule has 0 bridgehead atoms. The van der Waals surface area contributed by atoms with E-state index in [0.29, 0.717) is 0 Å². The van der Waals surface area contributed by atoms with E-state index in [9.17, 15) is 0 Å². The Morgan fingerprint density at radius 3 is 2.60 bits per heavy atom. The second-order valence-corrected chi connectivity index (χ2v) is 5.29. The number of aromatic nitrogens is 2. The summed E-state index contributed by atoms with van der Waals surface area (Å²) in [6.07, 6.45) is 1.87. The van der Waals surface area contributed by atoms with Crippen molar-refractivity contribution in [2.24, 2.45) is 0 Å². The summed E-state index contributed by atoms with van der Waals surface area (Å²) >= 11 is 0. The minimum atomic E-state index is 0.781. The van der Waals surface area contributed by atoms with E-state index in [1.54, 1.807) is 0 Å². The van der Waals surface area contributed by atoms with Gasteiger partial charge in [-0.3, -0.25) is 0 Å².